The maximum atomic E-state index is 11.5. The van der Waals surface area contributed by atoms with Crippen molar-refractivity contribution < 1.29 is 19.1 Å². The van der Waals surface area contributed by atoms with Crippen LogP contribution in [0.3, 0.4) is 0 Å². The molecule has 0 aliphatic rings. The Morgan fingerprint density at radius 3 is 2.63 bits per heavy atom. The van der Waals surface area contributed by atoms with E-state index in [1.54, 1.807) is 18.2 Å². The summed E-state index contributed by atoms with van der Waals surface area (Å²) in [6.45, 7) is 1.92. The second-order valence-corrected chi connectivity index (χ2v) is 3.79. The highest BCUT2D eigenvalue weighted by Gasteiger charge is 2.12. The Bertz CT molecular complexity index is 494. The first-order valence-corrected chi connectivity index (χ1v) is 5.75. The minimum absolute atomic E-state index is 0.0803. The maximum Gasteiger partial charge on any atom is 0.341 e. The average molecular weight is 263 g/mol. The Morgan fingerprint density at radius 1 is 1.32 bits per heavy atom. The van der Waals surface area contributed by atoms with E-state index < -0.39 is 5.97 Å². The molecule has 0 aliphatic heterocycles. The minimum Gasteiger partial charge on any atom is -0.496 e. The van der Waals surface area contributed by atoms with Gasteiger partial charge in [-0.3, -0.25) is 4.79 Å². The molecule has 0 spiro atoms. The monoisotopic (exact) mass is 263 g/mol. The molecular weight excluding hydrogens is 246 g/mol. The van der Waals surface area contributed by atoms with E-state index >= 15 is 0 Å². The number of hydrogen-bond donors (Lipinski definition) is 1. The number of ether oxygens (including phenoxy) is 2. The van der Waals surface area contributed by atoms with Gasteiger partial charge in [-0.25, -0.2) is 4.79 Å². The molecule has 0 bridgehead atoms. The molecule has 1 rings (SSSR count). The van der Waals surface area contributed by atoms with Crippen LogP contribution in [0.2, 0.25) is 0 Å². The lowest BCUT2D eigenvalue weighted by Crippen LogP contribution is -2.19. The third-order valence-corrected chi connectivity index (χ3v) is 2.41. The lowest BCUT2D eigenvalue weighted by Gasteiger charge is -2.07. The molecule has 1 aromatic carbocycles. The van der Waals surface area contributed by atoms with Crippen molar-refractivity contribution in [2.75, 3.05) is 20.8 Å². The Hall–Kier alpha value is -2.30. The standard InChI is InChI=1S/C14H17NO4/c1-10(16)15-8-4-5-11-6-7-12(14(17)19-3)13(9-11)18-2/h4-7,9H,8H2,1-3H3,(H,15,16). The summed E-state index contributed by atoms with van der Waals surface area (Å²) in [4.78, 5) is 22.2. The molecule has 1 amide bonds. The van der Waals surface area contributed by atoms with Gasteiger partial charge in [-0.15, -0.1) is 0 Å². The first kappa shape index (κ1) is 14.8. The summed E-state index contributed by atoms with van der Waals surface area (Å²) >= 11 is 0. The van der Waals surface area contributed by atoms with E-state index in [2.05, 4.69) is 10.1 Å². The zero-order valence-electron chi connectivity index (χ0n) is 11.2. The van der Waals surface area contributed by atoms with E-state index in [9.17, 15) is 9.59 Å². The molecule has 102 valence electrons. The molecule has 0 atom stereocenters. The highest BCUT2D eigenvalue weighted by atomic mass is 16.5. The highest BCUT2D eigenvalue weighted by molar-refractivity contribution is 5.92. The van der Waals surface area contributed by atoms with E-state index in [1.165, 1.54) is 21.1 Å². The number of benzene rings is 1. The molecule has 0 aliphatic carbocycles. The molecular formula is C14H17NO4. The lowest BCUT2D eigenvalue weighted by molar-refractivity contribution is -0.118. The predicted octanol–water partition coefficient (Wildman–Crippen LogP) is 1.63. The number of esters is 1. The van der Waals surface area contributed by atoms with Crippen molar-refractivity contribution in [3.8, 4) is 5.75 Å². The van der Waals surface area contributed by atoms with Crippen LogP contribution in [-0.4, -0.2) is 32.6 Å². The van der Waals surface area contributed by atoms with Crippen molar-refractivity contribution >= 4 is 18.0 Å². The SMILES string of the molecule is COC(=O)c1ccc(C=CCNC(C)=O)cc1OC. The average Bonchev–Trinajstić information content (AvgIpc) is 2.42. The normalized spacial score (nSPS) is 10.3. The Kier molecular flexibility index (Phi) is 5.60. The number of carbonyl (C=O) groups excluding carboxylic acids is 2. The molecule has 5 heteroatoms. The van der Waals surface area contributed by atoms with Gasteiger partial charge in [0.25, 0.3) is 0 Å². The van der Waals surface area contributed by atoms with Crippen LogP contribution in [0, 0.1) is 0 Å². The van der Waals surface area contributed by atoms with E-state index in [1.807, 2.05) is 12.2 Å². The van der Waals surface area contributed by atoms with Gasteiger partial charge in [-0.1, -0.05) is 18.2 Å². The number of carbonyl (C=O) groups is 2. The topological polar surface area (TPSA) is 64.6 Å². The fourth-order valence-corrected chi connectivity index (χ4v) is 1.49. The fraction of sp³-hybridized carbons (Fsp3) is 0.286. The van der Waals surface area contributed by atoms with E-state index in [0.717, 1.165) is 5.56 Å². The van der Waals surface area contributed by atoms with E-state index in [0.29, 0.717) is 17.9 Å². The Labute approximate surface area is 112 Å². The Balaban J connectivity index is 2.82. The van der Waals surface area contributed by atoms with Crippen LogP contribution in [0.25, 0.3) is 6.08 Å². The van der Waals surface area contributed by atoms with Crippen molar-refractivity contribution in [1.29, 1.82) is 0 Å². The molecule has 0 heterocycles. The van der Waals surface area contributed by atoms with Crippen LogP contribution in [-0.2, 0) is 9.53 Å². The Morgan fingerprint density at radius 2 is 2.05 bits per heavy atom. The zero-order chi connectivity index (χ0) is 14.3. The summed E-state index contributed by atoms with van der Waals surface area (Å²) in [5.74, 6) is -0.0672. The summed E-state index contributed by atoms with van der Waals surface area (Å²) < 4.78 is 9.81. The third-order valence-electron chi connectivity index (χ3n) is 2.41. The molecule has 5 nitrogen and oxygen atoms in total. The molecule has 0 unspecified atom stereocenters. The van der Waals surface area contributed by atoms with Gasteiger partial charge in [0.15, 0.2) is 0 Å². The number of nitrogens with one attached hydrogen (secondary N) is 1. The summed E-state index contributed by atoms with van der Waals surface area (Å²) in [5, 5.41) is 2.65. The molecule has 0 radical (unpaired) electrons. The van der Waals surface area contributed by atoms with Gasteiger partial charge < -0.3 is 14.8 Å². The quantitative estimate of drug-likeness (QED) is 0.820. The van der Waals surface area contributed by atoms with Crippen molar-refractivity contribution in [1.82, 2.24) is 5.32 Å². The number of amides is 1. The van der Waals surface area contributed by atoms with Crippen LogP contribution in [0.5, 0.6) is 5.75 Å². The zero-order valence-corrected chi connectivity index (χ0v) is 11.2. The lowest BCUT2D eigenvalue weighted by atomic mass is 10.1. The highest BCUT2D eigenvalue weighted by Crippen LogP contribution is 2.21. The first-order valence-electron chi connectivity index (χ1n) is 5.75. The van der Waals surface area contributed by atoms with Crippen molar-refractivity contribution in [3.05, 3.63) is 35.4 Å². The molecule has 0 saturated carbocycles. The van der Waals surface area contributed by atoms with Gasteiger partial charge in [0.05, 0.1) is 14.2 Å². The van der Waals surface area contributed by atoms with Gasteiger partial charge in [-0.05, 0) is 17.7 Å². The van der Waals surface area contributed by atoms with Crippen molar-refractivity contribution in [3.63, 3.8) is 0 Å². The van der Waals surface area contributed by atoms with E-state index in [4.69, 9.17) is 4.74 Å². The third kappa shape index (κ3) is 4.46. The summed E-state index contributed by atoms with van der Waals surface area (Å²) in [5.41, 5.74) is 1.25. The van der Waals surface area contributed by atoms with Crippen LogP contribution >= 0.6 is 0 Å². The van der Waals surface area contributed by atoms with Crippen LogP contribution in [0.1, 0.15) is 22.8 Å². The smallest absolute Gasteiger partial charge is 0.341 e. The van der Waals surface area contributed by atoms with Gasteiger partial charge in [0.2, 0.25) is 5.91 Å². The van der Waals surface area contributed by atoms with Gasteiger partial charge in [0.1, 0.15) is 11.3 Å². The summed E-state index contributed by atoms with van der Waals surface area (Å²) in [6, 6.07) is 5.15. The summed E-state index contributed by atoms with van der Waals surface area (Å²) in [6.07, 6.45) is 3.65. The molecule has 19 heavy (non-hydrogen) atoms. The van der Waals surface area contributed by atoms with Gasteiger partial charge in [0, 0.05) is 13.5 Å². The van der Waals surface area contributed by atoms with Crippen LogP contribution in [0.15, 0.2) is 24.3 Å². The molecule has 0 fully saturated rings. The fourth-order valence-electron chi connectivity index (χ4n) is 1.49. The molecule has 0 aromatic heterocycles. The number of rotatable bonds is 5. The van der Waals surface area contributed by atoms with Crippen molar-refractivity contribution in [2.45, 2.75) is 6.92 Å². The molecule has 1 aromatic rings. The minimum atomic E-state index is -0.439. The first-order chi connectivity index (χ1) is 9.08. The van der Waals surface area contributed by atoms with Crippen molar-refractivity contribution in [2.24, 2.45) is 0 Å². The maximum absolute atomic E-state index is 11.5. The predicted molar refractivity (Wildman–Crippen MR) is 72.1 cm³/mol. The van der Waals surface area contributed by atoms with Crippen LogP contribution in [0.4, 0.5) is 0 Å². The van der Waals surface area contributed by atoms with Gasteiger partial charge >= 0.3 is 5.97 Å². The largest absolute Gasteiger partial charge is 0.496 e. The second kappa shape index (κ2) is 7.20. The number of methoxy groups -OCH3 is 2. The summed E-state index contributed by atoms with van der Waals surface area (Å²) in [7, 11) is 2.82. The molecule has 0 saturated heterocycles. The van der Waals surface area contributed by atoms with Gasteiger partial charge in [-0.2, -0.15) is 0 Å². The van der Waals surface area contributed by atoms with E-state index in [-0.39, 0.29) is 5.91 Å². The van der Waals surface area contributed by atoms with Crippen LogP contribution < -0.4 is 10.1 Å². The molecule has 1 N–H and O–H groups in total. The number of hydrogen-bond acceptors (Lipinski definition) is 4. The second-order valence-electron chi connectivity index (χ2n) is 3.79.